The smallest absolute Gasteiger partial charge is 0.322 e. The molecule has 7 heteroatoms. The molecule has 0 saturated carbocycles. The molecule has 0 radical (unpaired) electrons. The highest BCUT2D eigenvalue weighted by atomic mass is 16.6. The predicted molar refractivity (Wildman–Crippen MR) is 78.2 cm³/mol. The lowest BCUT2D eigenvalue weighted by atomic mass is 10.1. The fourth-order valence-corrected chi connectivity index (χ4v) is 2.53. The number of rotatable bonds is 3. The first-order chi connectivity index (χ1) is 10.1. The van der Waals surface area contributed by atoms with Crippen LogP contribution in [-0.4, -0.2) is 40.2 Å². The summed E-state index contributed by atoms with van der Waals surface area (Å²) in [6, 6.07) is 5.32. The van der Waals surface area contributed by atoms with Crippen LogP contribution in [-0.2, 0) is 0 Å². The van der Waals surface area contributed by atoms with E-state index in [1.165, 1.54) is 18.2 Å². The summed E-state index contributed by atoms with van der Waals surface area (Å²) in [4.78, 5) is 24.2. The van der Waals surface area contributed by atoms with Crippen LogP contribution in [0, 0.1) is 10.1 Å². The highest BCUT2D eigenvalue weighted by Crippen LogP contribution is 2.20. The predicted octanol–water partition coefficient (Wildman–Crippen LogP) is 2.36. The normalized spacial score (nSPS) is 18.9. The maximum absolute atomic E-state index is 12.3. The van der Waals surface area contributed by atoms with Crippen molar-refractivity contribution in [3.63, 3.8) is 0 Å². The highest BCUT2D eigenvalue weighted by Gasteiger charge is 2.25. The van der Waals surface area contributed by atoms with Gasteiger partial charge < -0.3 is 15.3 Å². The molecule has 7 nitrogen and oxygen atoms in total. The van der Waals surface area contributed by atoms with Crippen LogP contribution in [0.4, 0.5) is 16.2 Å². The monoisotopic (exact) mass is 293 g/mol. The van der Waals surface area contributed by atoms with E-state index in [1.54, 1.807) is 11.0 Å². The average molecular weight is 293 g/mol. The van der Waals surface area contributed by atoms with Crippen molar-refractivity contribution in [1.29, 1.82) is 0 Å². The lowest BCUT2D eigenvalue weighted by Gasteiger charge is -2.28. The number of aliphatic hydroxyl groups excluding tert-OH is 1. The lowest BCUT2D eigenvalue weighted by Crippen LogP contribution is -2.44. The molecule has 1 atom stereocenters. The Labute approximate surface area is 122 Å². The van der Waals surface area contributed by atoms with Crippen LogP contribution in [0.2, 0.25) is 0 Å². The molecule has 1 unspecified atom stereocenters. The molecule has 2 N–H and O–H groups in total. The van der Waals surface area contributed by atoms with Gasteiger partial charge in [0.25, 0.3) is 5.69 Å². The Morgan fingerprint density at radius 1 is 1.43 bits per heavy atom. The van der Waals surface area contributed by atoms with Crippen LogP contribution in [0.1, 0.15) is 25.7 Å². The third-order valence-electron chi connectivity index (χ3n) is 3.66. The molecule has 1 fully saturated rings. The molecule has 114 valence electrons. The Morgan fingerprint density at radius 3 is 2.95 bits per heavy atom. The van der Waals surface area contributed by atoms with Crippen LogP contribution >= 0.6 is 0 Å². The summed E-state index contributed by atoms with van der Waals surface area (Å²) in [5.74, 6) is 0. The minimum atomic E-state index is -0.502. The Bertz CT molecular complexity index is 521. The summed E-state index contributed by atoms with van der Waals surface area (Å²) >= 11 is 0. The van der Waals surface area contributed by atoms with Crippen molar-refractivity contribution in [2.45, 2.75) is 31.7 Å². The van der Waals surface area contributed by atoms with Gasteiger partial charge in [-0.05, 0) is 18.9 Å². The van der Waals surface area contributed by atoms with Crippen molar-refractivity contribution in [3.05, 3.63) is 34.4 Å². The number of carbonyl (C=O) groups is 1. The van der Waals surface area contributed by atoms with Gasteiger partial charge >= 0.3 is 6.03 Å². The van der Waals surface area contributed by atoms with E-state index < -0.39 is 4.92 Å². The number of amides is 2. The first kappa shape index (κ1) is 15.2. The van der Waals surface area contributed by atoms with Gasteiger partial charge in [0, 0.05) is 24.4 Å². The van der Waals surface area contributed by atoms with Gasteiger partial charge in [-0.15, -0.1) is 0 Å². The Morgan fingerprint density at radius 2 is 2.24 bits per heavy atom. The topological polar surface area (TPSA) is 95.7 Å². The summed E-state index contributed by atoms with van der Waals surface area (Å²) in [5, 5.41) is 22.8. The fourth-order valence-electron chi connectivity index (χ4n) is 2.53. The SMILES string of the molecule is O=C(Nc1cccc([N+](=O)[O-])c1)N1CCCCCC1CO. The summed E-state index contributed by atoms with van der Waals surface area (Å²) in [5.41, 5.74) is 0.317. The summed E-state index contributed by atoms with van der Waals surface area (Å²) in [6.07, 6.45) is 3.71. The van der Waals surface area contributed by atoms with E-state index in [-0.39, 0.29) is 24.4 Å². The molecule has 1 heterocycles. The number of nitro groups is 1. The first-order valence-corrected chi connectivity index (χ1v) is 7.05. The molecule has 1 aromatic carbocycles. The quantitative estimate of drug-likeness (QED) is 0.660. The van der Waals surface area contributed by atoms with Crippen molar-refractivity contribution >= 4 is 17.4 Å². The average Bonchev–Trinajstić information content (AvgIpc) is 2.72. The molecule has 2 amide bonds. The lowest BCUT2D eigenvalue weighted by molar-refractivity contribution is -0.384. The Hall–Kier alpha value is -2.15. The minimum absolute atomic E-state index is 0.0671. The van der Waals surface area contributed by atoms with Crippen LogP contribution in [0.15, 0.2) is 24.3 Å². The fraction of sp³-hybridized carbons (Fsp3) is 0.500. The third kappa shape index (κ3) is 3.91. The van der Waals surface area contributed by atoms with Crippen LogP contribution in [0.25, 0.3) is 0 Å². The zero-order valence-electron chi connectivity index (χ0n) is 11.7. The molecule has 1 saturated heterocycles. The number of urea groups is 1. The second kappa shape index (κ2) is 7.03. The Kier molecular flexibility index (Phi) is 5.10. The number of non-ortho nitro benzene ring substituents is 1. The number of carbonyl (C=O) groups excluding carboxylic acids is 1. The minimum Gasteiger partial charge on any atom is -0.394 e. The molecular weight excluding hydrogens is 274 g/mol. The van der Waals surface area contributed by atoms with E-state index in [2.05, 4.69) is 5.32 Å². The van der Waals surface area contributed by atoms with Crippen molar-refractivity contribution in [2.24, 2.45) is 0 Å². The van der Waals surface area contributed by atoms with Gasteiger partial charge in [0.15, 0.2) is 0 Å². The molecule has 0 spiro atoms. The zero-order chi connectivity index (χ0) is 15.2. The molecule has 0 aromatic heterocycles. The number of hydrogen-bond donors (Lipinski definition) is 2. The number of aliphatic hydroxyl groups is 1. The number of anilines is 1. The van der Waals surface area contributed by atoms with Gasteiger partial charge in [-0.2, -0.15) is 0 Å². The molecular formula is C14H19N3O4. The van der Waals surface area contributed by atoms with Gasteiger partial charge in [0.2, 0.25) is 0 Å². The molecule has 21 heavy (non-hydrogen) atoms. The van der Waals surface area contributed by atoms with Crippen molar-refractivity contribution in [2.75, 3.05) is 18.5 Å². The molecule has 2 rings (SSSR count). The summed E-state index contributed by atoms with van der Waals surface area (Å²) in [7, 11) is 0. The first-order valence-electron chi connectivity index (χ1n) is 7.05. The molecule has 0 bridgehead atoms. The van der Waals surface area contributed by atoms with Crippen LogP contribution < -0.4 is 5.32 Å². The zero-order valence-corrected chi connectivity index (χ0v) is 11.7. The third-order valence-corrected chi connectivity index (χ3v) is 3.66. The molecule has 0 aliphatic carbocycles. The van der Waals surface area contributed by atoms with Gasteiger partial charge in [-0.25, -0.2) is 4.79 Å². The van der Waals surface area contributed by atoms with Crippen molar-refractivity contribution in [3.8, 4) is 0 Å². The van der Waals surface area contributed by atoms with Gasteiger partial charge in [0.1, 0.15) is 0 Å². The second-order valence-electron chi connectivity index (χ2n) is 5.12. The largest absolute Gasteiger partial charge is 0.394 e. The van der Waals surface area contributed by atoms with Crippen molar-refractivity contribution in [1.82, 2.24) is 4.90 Å². The standard InChI is InChI=1S/C14H19N3O4/c18-10-13-6-2-1-3-8-16(13)14(19)15-11-5-4-7-12(9-11)17(20)21/h4-5,7,9,13,18H,1-3,6,8,10H2,(H,15,19). The molecule has 1 aromatic rings. The number of hydrogen-bond acceptors (Lipinski definition) is 4. The number of benzene rings is 1. The number of nitro benzene ring substituents is 1. The summed E-state index contributed by atoms with van der Waals surface area (Å²) in [6.45, 7) is 0.522. The van der Waals surface area contributed by atoms with Crippen LogP contribution in [0.3, 0.4) is 0 Å². The molecule has 1 aliphatic heterocycles. The van der Waals surface area contributed by atoms with E-state index in [1.807, 2.05) is 0 Å². The van der Waals surface area contributed by atoms with E-state index in [0.29, 0.717) is 12.2 Å². The van der Waals surface area contributed by atoms with Crippen LogP contribution in [0.5, 0.6) is 0 Å². The molecule has 1 aliphatic rings. The van der Waals surface area contributed by atoms with E-state index >= 15 is 0 Å². The highest BCUT2D eigenvalue weighted by molar-refractivity contribution is 5.89. The Balaban J connectivity index is 2.08. The van der Waals surface area contributed by atoms with Crippen molar-refractivity contribution < 1.29 is 14.8 Å². The maximum atomic E-state index is 12.3. The number of likely N-dealkylation sites (tertiary alicyclic amines) is 1. The van der Waals surface area contributed by atoms with Gasteiger partial charge in [-0.1, -0.05) is 18.9 Å². The number of nitrogens with zero attached hydrogens (tertiary/aromatic N) is 2. The van der Waals surface area contributed by atoms with E-state index in [0.717, 1.165) is 25.7 Å². The second-order valence-corrected chi connectivity index (χ2v) is 5.12. The van der Waals surface area contributed by atoms with E-state index in [9.17, 15) is 20.0 Å². The van der Waals surface area contributed by atoms with Gasteiger partial charge in [-0.3, -0.25) is 10.1 Å². The maximum Gasteiger partial charge on any atom is 0.322 e. The number of nitrogens with one attached hydrogen (secondary N) is 1. The van der Waals surface area contributed by atoms with E-state index in [4.69, 9.17) is 0 Å². The van der Waals surface area contributed by atoms with Gasteiger partial charge in [0.05, 0.1) is 17.6 Å². The summed E-state index contributed by atoms with van der Waals surface area (Å²) < 4.78 is 0.